The third kappa shape index (κ3) is 5.18. The first-order chi connectivity index (χ1) is 12.7. The van der Waals surface area contributed by atoms with Gasteiger partial charge in [0.25, 0.3) is 0 Å². The van der Waals surface area contributed by atoms with Gasteiger partial charge in [-0.15, -0.1) is 0 Å². The quantitative estimate of drug-likeness (QED) is 0.778. The van der Waals surface area contributed by atoms with Gasteiger partial charge in [-0.3, -0.25) is 14.3 Å². The molecule has 0 saturated carbocycles. The molecule has 0 atom stereocenters. The molecule has 1 aromatic heterocycles. The van der Waals surface area contributed by atoms with Gasteiger partial charge in [0.15, 0.2) is 0 Å². The van der Waals surface area contributed by atoms with Gasteiger partial charge >= 0.3 is 5.97 Å². The maximum absolute atomic E-state index is 12.1. The van der Waals surface area contributed by atoms with Crippen LogP contribution in [0.15, 0.2) is 24.3 Å². The highest BCUT2D eigenvalue weighted by molar-refractivity contribution is 5.94. The van der Waals surface area contributed by atoms with E-state index in [2.05, 4.69) is 10.4 Å². The van der Waals surface area contributed by atoms with Crippen molar-refractivity contribution in [1.29, 1.82) is 0 Å². The fourth-order valence-electron chi connectivity index (χ4n) is 2.94. The van der Waals surface area contributed by atoms with Gasteiger partial charge in [-0.2, -0.15) is 5.10 Å². The zero-order chi connectivity index (χ0) is 20.2. The van der Waals surface area contributed by atoms with Crippen LogP contribution < -0.4 is 5.32 Å². The number of carbonyl (C=O) groups is 2. The predicted molar refractivity (Wildman–Crippen MR) is 106 cm³/mol. The minimum Gasteiger partial charge on any atom is -0.481 e. The highest BCUT2D eigenvalue weighted by Crippen LogP contribution is 2.21. The zero-order valence-corrected chi connectivity index (χ0v) is 16.8. The SMILES string of the molecule is CCc1nn(Cc2ccc(NC(=O)C(C)(C)C)cc2)c(CC)c1CC(=O)O. The Morgan fingerprint density at radius 1 is 1.11 bits per heavy atom. The lowest BCUT2D eigenvalue weighted by atomic mass is 9.95. The van der Waals surface area contributed by atoms with Crippen LogP contribution in [-0.4, -0.2) is 26.8 Å². The Bertz CT molecular complexity index is 814. The van der Waals surface area contributed by atoms with Crippen molar-refractivity contribution in [2.75, 3.05) is 5.32 Å². The molecule has 1 aromatic carbocycles. The minimum atomic E-state index is -0.835. The van der Waals surface area contributed by atoms with Gasteiger partial charge in [0, 0.05) is 22.4 Å². The number of carboxylic acid groups (broad SMARTS) is 1. The molecule has 0 unspecified atom stereocenters. The number of hydrogen-bond donors (Lipinski definition) is 2. The van der Waals surface area contributed by atoms with Gasteiger partial charge < -0.3 is 10.4 Å². The summed E-state index contributed by atoms with van der Waals surface area (Å²) in [6, 6.07) is 7.68. The summed E-state index contributed by atoms with van der Waals surface area (Å²) in [5.74, 6) is -0.862. The second-order valence-corrected chi connectivity index (χ2v) is 7.71. The van der Waals surface area contributed by atoms with Crippen LogP contribution in [0.25, 0.3) is 0 Å². The molecule has 27 heavy (non-hydrogen) atoms. The Morgan fingerprint density at radius 3 is 2.22 bits per heavy atom. The van der Waals surface area contributed by atoms with Crippen molar-refractivity contribution >= 4 is 17.6 Å². The highest BCUT2D eigenvalue weighted by Gasteiger charge is 2.21. The Balaban J connectivity index is 2.21. The van der Waals surface area contributed by atoms with Gasteiger partial charge in [-0.05, 0) is 30.5 Å². The van der Waals surface area contributed by atoms with Crippen LogP contribution in [0.3, 0.4) is 0 Å². The second-order valence-electron chi connectivity index (χ2n) is 7.71. The molecule has 6 nitrogen and oxygen atoms in total. The normalized spacial score (nSPS) is 11.4. The molecule has 1 heterocycles. The first kappa shape index (κ1) is 20.7. The van der Waals surface area contributed by atoms with Crippen molar-refractivity contribution < 1.29 is 14.7 Å². The molecule has 0 aliphatic rings. The topological polar surface area (TPSA) is 84.2 Å². The van der Waals surface area contributed by atoms with E-state index in [1.807, 2.05) is 63.6 Å². The molecule has 6 heteroatoms. The Hall–Kier alpha value is -2.63. The number of nitrogens with zero attached hydrogens (tertiary/aromatic N) is 2. The minimum absolute atomic E-state index is 0.00409. The van der Waals surface area contributed by atoms with Gasteiger partial charge in [0.2, 0.25) is 5.91 Å². The Morgan fingerprint density at radius 2 is 1.74 bits per heavy atom. The summed E-state index contributed by atoms with van der Waals surface area (Å²) in [6.07, 6.45) is 1.44. The van der Waals surface area contributed by atoms with E-state index in [0.717, 1.165) is 34.6 Å². The number of aryl methyl sites for hydroxylation is 1. The second kappa shape index (κ2) is 8.37. The number of rotatable bonds is 7. The number of carbonyl (C=O) groups excluding carboxylic acids is 1. The molecular weight excluding hydrogens is 342 g/mol. The van der Waals surface area contributed by atoms with E-state index < -0.39 is 11.4 Å². The smallest absolute Gasteiger partial charge is 0.307 e. The summed E-state index contributed by atoms with van der Waals surface area (Å²) in [4.78, 5) is 23.3. The summed E-state index contributed by atoms with van der Waals surface area (Å²) in [5, 5.41) is 16.7. The number of nitrogens with one attached hydrogen (secondary N) is 1. The molecule has 2 rings (SSSR count). The van der Waals surface area contributed by atoms with E-state index in [0.29, 0.717) is 13.0 Å². The van der Waals surface area contributed by atoms with Crippen LogP contribution in [0.5, 0.6) is 0 Å². The Kier molecular flexibility index (Phi) is 6.41. The lowest BCUT2D eigenvalue weighted by Crippen LogP contribution is -2.27. The van der Waals surface area contributed by atoms with E-state index in [1.54, 1.807) is 0 Å². The maximum atomic E-state index is 12.1. The number of anilines is 1. The first-order valence-corrected chi connectivity index (χ1v) is 9.35. The van der Waals surface area contributed by atoms with Crippen LogP contribution >= 0.6 is 0 Å². The van der Waals surface area contributed by atoms with Crippen molar-refractivity contribution in [2.24, 2.45) is 5.41 Å². The van der Waals surface area contributed by atoms with Gasteiger partial charge in [-0.1, -0.05) is 46.8 Å². The highest BCUT2D eigenvalue weighted by atomic mass is 16.4. The molecule has 0 aliphatic heterocycles. The maximum Gasteiger partial charge on any atom is 0.307 e. The molecule has 1 amide bonds. The molecule has 2 aromatic rings. The largest absolute Gasteiger partial charge is 0.481 e. The average Bonchev–Trinajstić information content (AvgIpc) is 2.91. The molecular formula is C21H29N3O3. The van der Waals surface area contributed by atoms with Crippen LogP contribution in [0, 0.1) is 5.41 Å². The van der Waals surface area contributed by atoms with Crippen LogP contribution in [-0.2, 0) is 35.4 Å². The number of aliphatic carboxylic acids is 1. The summed E-state index contributed by atoms with van der Waals surface area (Å²) >= 11 is 0. The number of hydrogen-bond acceptors (Lipinski definition) is 3. The lowest BCUT2D eigenvalue weighted by molar-refractivity contribution is -0.136. The summed E-state index contributed by atoms with van der Waals surface area (Å²) < 4.78 is 1.90. The lowest BCUT2D eigenvalue weighted by Gasteiger charge is -2.17. The van der Waals surface area contributed by atoms with Crippen molar-refractivity contribution in [3.8, 4) is 0 Å². The first-order valence-electron chi connectivity index (χ1n) is 9.35. The standard InChI is InChI=1S/C21H29N3O3/c1-6-17-16(12-19(25)26)18(7-2)24(23-17)13-14-8-10-15(11-9-14)22-20(27)21(3,4)5/h8-11H,6-7,12-13H2,1-5H3,(H,22,27)(H,25,26). The molecule has 0 fully saturated rings. The van der Waals surface area contributed by atoms with Crippen molar-refractivity contribution in [3.05, 3.63) is 46.8 Å². The van der Waals surface area contributed by atoms with Crippen molar-refractivity contribution in [3.63, 3.8) is 0 Å². The third-order valence-electron chi connectivity index (χ3n) is 4.47. The number of aromatic nitrogens is 2. The molecule has 146 valence electrons. The molecule has 2 N–H and O–H groups in total. The van der Waals surface area contributed by atoms with Crippen LogP contribution in [0.4, 0.5) is 5.69 Å². The molecule has 0 radical (unpaired) electrons. The molecule has 0 aliphatic carbocycles. The van der Waals surface area contributed by atoms with Crippen LogP contribution in [0.2, 0.25) is 0 Å². The average molecular weight is 371 g/mol. The monoisotopic (exact) mass is 371 g/mol. The summed E-state index contributed by atoms with van der Waals surface area (Å²) in [7, 11) is 0. The molecule has 0 bridgehead atoms. The van der Waals surface area contributed by atoms with Crippen molar-refractivity contribution in [1.82, 2.24) is 9.78 Å². The van der Waals surface area contributed by atoms with E-state index in [9.17, 15) is 14.7 Å². The van der Waals surface area contributed by atoms with Crippen LogP contribution in [0.1, 0.15) is 57.1 Å². The van der Waals surface area contributed by atoms with E-state index in [-0.39, 0.29) is 12.3 Å². The zero-order valence-electron chi connectivity index (χ0n) is 16.8. The number of amides is 1. The number of carboxylic acids is 1. The molecule has 0 saturated heterocycles. The van der Waals surface area contributed by atoms with E-state index in [4.69, 9.17) is 0 Å². The van der Waals surface area contributed by atoms with Gasteiger partial charge in [-0.25, -0.2) is 0 Å². The summed E-state index contributed by atoms with van der Waals surface area (Å²) in [6.45, 7) is 10.2. The van der Waals surface area contributed by atoms with Crippen molar-refractivity contribution in [2.45, 2.75) is 60.4 Å². The summed E-state index contributed by atoms with van der Waals surface area (Å²) in [5.41, 5.74) is 4.02. The predicted octanol–water partition coefficient (Wildman–Crippen LogP) is 3.67. The third-order valence-corrected chi connectivity index (χ3v) is 4.47. The van der Waals surface area contributed by atoms with E-state index >= 15 is 0 Å². The van der Waals surface area contributed by atoms with Gasteiger partial charge in [0.05, 0.1) is 18.7 Å². The Labute approximate surface area is 160 Å². The fourth-order valence-corrected chi connectivity index (χ4v) is 2.94. The number of benzene rings is 1. The van der Waals surface area contributed by atoms with Gasteiger partial charge in [0.1, 0.15) is 0 Å². The molecule has 0 spiro atoms. The fraction of sp³-hybridized carbons (Fsp3) is 0.476. The van der Waals surface area contributed by atoms with E-state index in [1.165, 1.54) is 0 Å².